The predicted molar refractivity (Wildman–Crippen MR) is 76.9 cm³/mol. The van der Waals surface area contributed by atoms with Gasteiger partial charge in [-0.05, 0) is 37.4 Å². The highest BCUT2D eigenvalue weighted by Crippen LogP contribution is 2.39. The van der Waals surface area contributed by atoms with Crippen LogP contribution in [0.2, 0.25) is 0 Å². The van der Waals surface area contributed by atoms with Gasteiger partial charge < -0.3 is 10.6 Å². The van der Waals surface area contributed by atoms with Crippen molar-refractivity contribution >= 4 is 5.69 Å². The molecule has 0 atom stereocenters. The Morgan fingerprint density at radius 2 is 1.89 bits per heavy atom. The Hall–Kier alpha value is -1.02. The van der Waals surface area contributed by atoms with Crippen molar-refractivity contribution in [2.24, 2.45) is 11.1 Å². The Bertz CT molecular complexity index is 407. The monoisotopic (exact) mass is 244 g/mol. The van der Waals surface area contributed by atoms with E-state index in [-0.39, 0.29) is 0 Å². The number of fused-ring (bicyclic) bond motifs is 1. The number of para-hydroxylation sites is 1. The number of anilines is 1. The molecular formula is C16H24N2. The zero-order valence-electron chi connectivity index (χ0n) is 11.2. The van der Waals surface area contributed by atoms with Crippen LogP contribution in [0, 0.1) is 5.41 Å². The quantitative estimate of drug-likeness (QED) is 0.885. The number of hydrogen-bond donors (Lipinski definition) is 1. The lowest BCUT2D eigenvalue weighted by Gasteiger charge is -2.40. The Morgan fingerprint density at radius 1 is 1.11 bits per heavy atom. The van der Waals surface area contributed by atoms with Crippen molar-refractivity contribution in [2.75, 3.05) is 24.5 Å². The first-order valence-corrected chi connectivity index (χ1v) is 7.36. The molecule has 0 saturated heterocycles. The van der Waals surface area contributed by atoms with Crippen LogP contribution in [0.5, 0.6) is 0 Å². The van der Waals surface area contributed by atoms with E-state index in [9.17, 15) is 0 Å². The normalized spacial score (nSPS) is 21.9. The molecule has 1 aromatic carbocycles. The number of benzene rings is 1. The Labute approximate surface area is 110 Å². The molecule has 18 heavy (non-hydrogen) atoms. The molecule has 1 fully saturated rings. The number of nitrogens with zero attached hydrogens (tertiary/aromatic N) is 1. The summed E-state index contributed by atoms with van der Waals surface area (Å²) in [7, 11) is 0. The molecule has 2 heteroatoms. The highest BCUT2D eigenvalue weighted by atomic mass is 15.2. The van der Waals surface area contributed by atoms with E-state index >= 15 is 0 Å². The molecule has 2 nitrogen and oxygen atoms in total. The molecule has 0 aromatic heterocycles. The smallest absolute Gasteiger partial charge is 0.0399 e. The fourth-order valence-electron chi connectivity index (χ4n) is 3.70. The molecule has 1 aliphatic heterocycles. The van der Waals surface area contributed by atoms with Crippen molar-refractivity contribution in [1.82, 2.24) is 0 Å². The van der Waals surface area contributed by atoms with Crippen molar-refractivity contribution in [3.63, 3.8) is 0 Å². The summed E-state index contributed by atoms with van der Waals surface area (Å²) in [6, 6.07) is 8.86. The van der Waals surface area contributed by atoms with Gasteiger partial charge in [-0.2, -0.15) is 0 Å². The summed E-state index contributed by atoms with van der Waals surface area (Å²) in [5, 5.41) is 0. The third-order valence-corrected chi connectivity index (χ3v) is 4.86. The molecule has 98 valence electrons. The summed E-state index contributed by atoms with van der Waals surface area (Å²) in [6.45, 7) is 3.20. The predicted octanol–water partition coefficient (Wildman–Crippen LogP) is 2.96. The van der Waals surface area contributed by atoms with E-state index in [1.807, 2.05) is 0 Å². The Morgan fingerprint density at radius 3 is 2.67 bits per heavy atom. The zero-order chi connectivity index (χ0) is 12.4. The third-order valence-electron chi connectivity index (χ3n) is 4.86. The summed E-state index contributed by atoms with van der Waals surface area (Å²) in [6.07, 6.45) is 7.98. The van der Waals surface area contributed by atoms with E-state index in [0.717, 1.165) is 6.54 Å². The molecule has 0 unspecified atom stereocenters. The molecule has 2 aliphatic rings. The van der Waals surface area contributed by atoms with Crippen molar-refractivity contribution in [3.8, 4) is 0 Å². The van der Waals surface area contributed by atoms with E-state index in [2.05, 4.69) is 29.2 Å². The molecular weight excluding hydrogens is 220 g/mol. The van der Waals surface area contributed by atoms with E-state index in [4.69, 9.17) is 5.73 Å². The molecule has 1 aliphatic carbocycles. The lowest BCUT2D eigenvalue weighted by atomic mass is 9.73. The first-order valence-electron chi connectivity index (χ1n) is 7.36. The first kappa shape index (κ1) is 12.0. The van der Waals surface area contributed by atoms with Crippen LogP contribution < -0.4 is 10.6 Å². The van der Waals surface area contributed by atoms with Crippen LogP contribution in [-0.2, 0) is 6.42 Å². The van der Waals surface area contributed by atoms with Crippen LogP contribution >= 0.6 is 0 Å². The maximum Gasteiger partial charge on any atom is 0.0399 e. The molecule has 0 radical (unpaired) electrons. The molecule has 2 N–H and O–H groups in total. The first-order chi connectivity index (χ1) is 8.83. The van der Waals surface area contributed by atoms with Crippen molar-refractivity contribution in [3.05, 3.63) is 29.8 Å². The van der Waals surface area contributed by atoms with Gasteiger partial charge >= 0.3 is 0 Å². The number of hydrogen-bond acceptors (Lipinski definition) is 2. The van der Waals surface area contributed by atoms with Crippen LogP contribution in [0.3, 0.4) is 0 Å². The minimum atomic E-state index is 0.385. The maximum atomic E-state index is 6.11. The lowest BCUT2D eigenvalue weighted by Crippen LogP contribution is -2.43. The van der Waals surface area contributed by atoms with Gasteiger partial charge in [0.2, 0.25) is 0 Å². The van der Waals surface area contributed by atoms with Gasteiger partial charge in [-0.15, -0.1) is 0 Å². The summed E-state index contributed by atoms with van der Waals surface area (Å²) < 4.78 is 0. The molecule has 3 rings (SSSR count). The van der Waals surface area contributed by atoms with Gasteiger partial charge in [0.15, 0.2) is 0 Å². The fourth-order valence-corrected chi connectivity index (χ4v) is 3.70. The molecule has 0 bridgehead atoms. The van der Waals surface area contributed by atoms with Gasteiger partial charge in [-0.25, -0.2) is 0 Å². The molecule has 0 spiro atoms. The topological polar surface area (TPSA) is 29.3 Å². The van der Waals surface area contributed by atoms with Crippen molar-refractivity contribution < 1.29 is 0 Å². The largest absolute Gasteiger partial charge is 0.370 e. The van der Waals surface area contributed by atoms with Gasteiger partial charge in [0.05, 0.1) is 0 Å². The minimum absolute atomic E-state index is 0.385. The Balaban J connectivity index is 1.77. The highest BCUT2D eigenvalue weighted by molar-refractivity contribution is 5.57. The summed E-state index contributed by atoms with van der Waals surface area (Å²) in [5.74, 6) is 0. The van der Waals surface area contributed by atoms with Crippen LogP contribution in [-0.4, -0.2) is 19.6 Å². The summed E-state index contributed by atoms with van der Waals surface area (Å²) in [4.78, 5) is 2.58. The summed E-state index contributed by atoms with van der Waals surface area (Å²) in [5.41, 5.74) is 9.46. The second-order valence-corrected chi connectivity index (χ2v) is 6.07. The number of nitrogens with two attached hydrogens (primary N) is 1. The van der Waals surface area contributed by atoms with Crippen LogP contribution in [0.15, 0.2) is 24.3 Å². The average Bonchev–Trinajstić information content (AvgIpc) is 2.83. The van der Waals surface area contributed by atoms with Gasteiger partial charge in [-0.3, -0.25) is 0 Å². The maximum absolute atomic E-state index is 6.11. The molecule has 0 amide bonds. The van der Waals surface area contributed by atoms with Gasteiger partial charge in [-0.1, -0.05) is 37.5 Å². The average molecular weight is 244 g/mol. The van der Waals surface area contributed by atoms with E-state index in [1.165, 1.54) is 62.9 Å². The fraction of sp³-hybridized carbons (Fsp3) is 0.625. The van der Waals surface area contributed by atoms with Crippen molar-refractivity contribution in [2.45, 2.75) is 38.5 Å². The molecule has 1 saturated carbocycles. The van der Waals surface area contributed by atoms with Gasteiger partial charge in [0.1, 0.15) is 0 Å². The van der Waals surface area contributed by atoms with Crippen LogP contribution in [0.4, 0.5) is 5.69 Å². The second-order valence-electron chi connectivity index (χ2n) is 6.07. The SMILES string of the molecule is NCC1(CN2CCc3ccccc32)CCCCC1. The van der Waals surface area contributed by atoms with E-state index in [0.29, 0.717) is 5.41 Å². The van der Waals surface area contributed by atoms with E-state index < -0.39 is 0 Å². The molecule has 1 aromatic rings. The Kier molecular flexibility index (Phi) is 3.29. The number of rotatable bonds is 3. The van der Waals surface area contributed by atoms with Gasteiger partial charge in [0.25, 0.3) is 0 Å². The minimum Gasteiger partial charge on any atom is -0.370 e. The second kappa shape index (κ2) is 4.93. The lowest BCUT2D eigenvalue weighted by molar-refractivity contribution is 0.204. The third kappa shape index (κ3) is 2.14. The van der Waals surface area contributed by atoms with Crippen LogP contribution in [0.1, 0.15) is 37.7 Å². The molecule has 1 heterocycles. The van der Waals surface area contributed by atoms with Crippen LogP contribution in [0.25, 0.3) is 0 Å². The standard InChI is InChI=1S/C16H24N2/c17-12-16(9-4-1-5-10-16)13-18-11-8-14-6-2-3-7-15(14)18/h2-3,6-7H,1,4-5,8-13,17H2. The van der Waals surface area contributed by atoms with E-state index in [1.54, 1.807) is 0 Å². The summed E-state index contributed by atoms with van der Waals surface area (Å²) >= 11 is 0. The van der Waals surface area contributed by atoms with Gasteiger partial charge in [0, 0.05) is 24.2 Å². The van der Waals surface area contributed by atoms with Crippen molar-refractivity contribution in [1.29, 1.82) is 0 Å². The highest BCUT2D eigenvalue weighted by Gasteiger charge is 2.34. The zero-order valence-corrected chi connectivity index (χ0v) is 11.2.